The van der Waals surface area contributed by atoms with Crippen LogP contribution in [-0.4, -0.2) is 29.1 Å². The summed E-state index contributed by atoms with van der Waals surface area (Å²) < 4.78 is 2.19. The predicted molar refractivity (Wildman–Crippen MR) is 125 cm³/mol. The van der Waals surface area contributed by atoms with E-state index in [-0.39, 0.29) is 12.1 Å². The molecule has 0 fully saturated rings. The van der Waals surface area contributed by atoms with E-state index in [1.54, 1.807) is 0 Å². The highest BCUT2D eigenvalue weighted by Gasteiger charge is 2.28. The molecule has 1 atom stereocenters. The van der Waals surface area contributed by atoms with Crippen molar-refractivity contribution in [3.8, 4) is 5.00 Å². The molecule has 3 heterocycles. The van der Waals surface area contributed by atoms with Crippen molar-refractivity contribution in [1.82, 2.24) is 14.8 Å². The highest BCUT2D eigenvalue weighted by atomic mass is 32.1. The van der Waals surface area contributed by atoms with Crippen molar-refractivity contribution in [2.75, 3.05) is 18.9 Å². The van der Waals surface area contributed by atoms with Crippen LogP contribution in [0.1, 0.15) is 46.5 Å². The third kappa shape index (κ3) is 4.02. The number of aryl methyl sites for hydroxylation is 1. The van der Waals surface area contributed by atoms with Gasteiger partial charge in [0.05, 0.1) is 6.04 Å². The van der Waals surface area contributed by atoms with Gasteiger partial charge in [-0.05, 0) is 68.6 Å². The lowest BCUT2D eigenvalue weighted by atomic mass is 9.96. The molecule has 2 amide bonds. The van der Waals surface area contributed by atoms with Crippen LogP contribution < -0.4 is 10.6 Å². The summed E-state index contributed by atoms with van der Waals surface area (Å²) in [6.45, 7) is 8.26. The molecular formula is C24H30N4OS. The van der Waals surface area contributed by atoms with E-state index in [0.717, 1.165) is 37.2 Å². The average Bonchev–Trinajstić information content (AvgIpc) is 3.37. The highest BCUT2D eigenvalue weighted by molar-refractivity contribution is 7.15. The van der Waals surface area contributed by atoms with Gasteiger partial charge in [0.1, 0.15) is 5.00 Å². The van der Waals surface area contributed by atoms with Crippen LogP contribution in [0.2, 0.25) is 0 Å². The van der Waals surface area contributed by atoms with Crippen molar-refractivity contribution in [3.05, 3.63) is 69.9 Å². The van der Waals surface area contributed by atoms with E-state index in [2.05, 4.69) is 71.6 Å². The number of rotatable bonds is 5. The number of carbonyl (C=O) groups is 1. The lowest BCUT2D eigenvalue weighted by Crippen LogP contribution is -2.34. The molecule has 4 rings (SSSR count). The summed E-state index contributed by atoms with van der Waals surface area (Å²) in [5, 5.41) is 7.54. The van der Waals surface area contributed by atoms with Gasteiger partial charge < -0.3 is 20.1 Å². The van der Waals surface area contributed by atoms with Gasteiger partial charge in [-0.2, -0.15) is 0 Å². The first-order valence-electron chi connectivity index (χ1n) is 10.6. The molecule has 0 bridgehead atoms. The van der Waals surface area contributed by atoms with E-state index in [0.29, 0.717) is 0 Å². The minimum absolute atomic E-state index is 0.0316. The number of thiophene rings is 1. The Labute approximate surface area is 182 Å². The molecule has 2 N–H and O–H groups in total. The lowest BCUT2D eigenvalue weighted by molar-refractivity contribution is 0.248. The summed E-state index contributed by atoms with van der Waals surface area (Å²) in [5.74, 6) is 0. The molecule has 6 heteroatoms. The molecule has 30 heavy (non-hydrogen) atoms. The Hall–Kier alpha value is -2.57. The van der Waals surface area contributed by atoms with Crippen molar-refractivity contribution < 1.29 is 4.79 Å². The molecule has 0 saturated heterocycles. The quantitative estimate of drug-likeness (QED) is 0.577. The minimum atomic E-state index is -0.151. The summed E-state index contributed by atoms with van der Waals surface area (Å²) in [6, 6.07) is 9.91. The van der Waals surface area contributed by atoms with Gasteiger partial charge in [0.25, 0.3) is 0 Å². The molecule has 1 aromatic carbocycles. The van der Waals surface area contributed by atoms with Crippen LogP contribution in [0.3, 0.4) is 0 Å². The van der Waals surface area contributed by atoms with E-state index in [1.807, 2.05) is 30.4 Å². The molecule has 158 valence electrons. The van der Waals surface area contributed by atoms with Crippen molar-refractivity contribution in [2.24, 2.45) is 0 Å². The molecule has 2 aromatic heterocycles. The zero-order valence-electron chi connectivity index (χ0n) is 18.2. The molecule has 0 unspecified atom stereocenters. The Balaban J connectivity index is 1.64. The number of urea groups is 1. The number of amides is 2. The van der Waals surface area contributed by atoms with Crippen molar-refractivity contribution in [2.45, 2.75) is 46.2 Å². The fourth-order valence-electron chi connectivity index (χ4n) is 4.14. The van der Waals surface area contributed by atoms with Gasteiger partial charge >= 0.3 is 6.03 Å². The van der Waals surface area contributed by atoms with Gasteiger partial charge in [-0.1, -0.05) is 19.1 Å². The van der Waals surface area contributed by atoms with Gasteiger partial charge in [0.15, 0.2) is 0 Å². The van der Waals surface area contributed by atoms with Crippen LogP contribution in [0.15, 0.2) is 42.7 Å². The fourth-order valence-corrected chi connectivity index (χ4v) is 5.60. The topological polar surface area (TPSA) is 49.3 Å². The maximum absolute atomic E-state index is 12.9. The molecule has 0 spiro atoms. The van der Waals surface area contributed by atoms with Gasteiger partial charge in [-0.15, -0.1) is 11.3 Å². The summed E-state index contributed by atoms with van der Waals surface area (Å²) >= 11 is 1.85. The number of likely N-dealkylation sites (N-methyl/N-ethyl adjacent to an activating group) is 1. The summed E-state index contributed by atoms with van der Waals surface area (Å²) in [5.41, 5.74) is 5.83. The zero-order valence-corrected chi connectivity index (χ0v) is 19.0. The molecule has 0 saturated carbocycles. The minimum Gasteiger partial charge on any atom is -0.331 e. The highest BCUT2D eigenvalue weighted by Crippen LogP contribution is 2.40. The van der Waals surface area contributed by atoms with E-state index in [9.17, 15) is 4.79 Å². The standard InChI is InChI=1S/C24H30N4OS/c1-5-19(25-24(29)26-20-10-8-9-16(2)17(20)3)22-18-11-14-27(4)15-21(18)30-23(22)28-12-6-7-13-28/h6-10,12-13,19H,5,11,14-15H2,1-4H3,(H2,25,26,29)/t19-/m1/s1. The molecular weight excluding hydrogens is 392 g/mol. The van der Waals surface area contributed by atoms with Gasteiger partial charge in [0, 0.05) is 41.6 Å². The van der Waals surface area contributed by atoms with E-state index in [1.165, 1.54) is 26.6 Å². The van der Waals surface area contributed by atoms with Gasteiger partial charge in [-0.25, -0.2) is 4.79 Å². The number of carbonyl (C=O) groups excluding carboxylic acids is 1. The Morgan fingerprint density at radius 2 is 1.97 bits per heavy atom. The second kappa shape index (κ2) is 8.66. The third-order valence-corrected chi connectivity index (χ3v) is 7.27. The van der Waals surface area contributed by atoms with Crippen LogP contribution in [-0.2, 0) is 13.0 Å². The maximum Gasteiger partial charge on any atom is 0.319 e. The number of nitrogens with one attached hydrogen (secondary N) is 2. The monoisotopic (exact) mass is 422 g/mol. The number of aromatic nitrogens is 1. The Morgan fingerprint density at radius 3 is 2.70 bits per heavy atom. The van der Waals surface area contributed by atoms with Crippen LogP contribution in [0.5, 0.6) is 0 Å². The Kier molecular flexibility index (Phi) is 5.97. The normalized spacial score (nSPS) is 14.9. The summed E-state index contributed by atoms with van der Waals surface area (Å²) in [4.78, 5) is 16.7. The molecule has 1 aliphatic rings. The fraction of sp³-hybridized carbons (Fsp3) is 0.375. The van der Waals surface area contributed by atoms with E-state index >= 15 is 0 Å². The van der Waals surface area contributed by atoms with Gasteiger partial charge in [0.2, 0.25) is 0 Å². The molecule has 5 nitrogen and oxygen atoms in total. The first-order chi connectivity index (χ1) is 14.5. The maximum atomic E-state index is 12.9. The number of benzene rings is 1. The SMILES string of the molecule is CC[C@@H](NC(=O)Nc1cccc(C)c1C)c1c(-n2cccc2)sc2c1CCN(C)C2. The largest absolute Gasteiger partial charge is 0.331 e. The third-order valence-electron chi connectivity index (χ3n) is 6.02. The molecule has 0 radical (unpaired) electrons. The molecule has 3 aromatic rings. The second-order valence-electron chi connectivity index (χ2n) is 8.11. The van der Waals surface area contributed by atoms with Crippen molar-refractivity contribution in [1.29, 1.82) is 0 Å². The predicted octanol–water partition coefficient (Wildman–Crippen LogP) is 5.42. The number of hydrogen-bond donors (Lipinski definition) is 2. The number of nitrogens with zero attached hydrogens (tertiary/aromatic N) is 2. The van der Waals surface area contributed by atoms with Crippen LogP contribution in [0, 0.1) is 13.8 Å². The first-order valence-corrected chi connectivity index (χ1v) is 11.4. The second-order valence-corrected chi connectivity index (χ2v) is 9.19. The van der Waals surface area contributed by atoms with E-state index in [4.69, 9.17) is 0 Å². The molecule has 1 aliphatic heterocycles. The van der Waals surface area contributed by atoms with Crippen molar-refractivity contribution in [3.63, 3.8) is 0 Å². The summed E-state index contributed by atoms with van der Waals surface area (Å²) in [7, 11) is 2.17. The van der Waals surface area contributed by atoms with Crippen molar-refractivity contribution >= 4 is 23.1 Å². The van der Waals surface area contributed by atoms with Crippen LogP contribution >= 0.6 is 11.3 Å². The number of hydrogen-bond acceptors (Lipinski definition) is 3. The Bertz CT molecular complexity index is 1040. The van der Waals surface area contributed by atoms with Gasteiger partial charge in [-0.3, -0.25) is 0 Å². The molecule has 0 aliphatic carbocycles. The number of anilines is 1. The zero-order chi connectivity index (χ0) is 21.3. The van der Waals surface area contributed by atoms with Crippen LogP contribution in [0.4, 0.5) is 10.5 Å². The van der Waals surface area contributed by atoms with E-state index < -0.39 is 0 Å². The average molecular weight is 423 g/mol. The first kappa shape index (κ1) is 20.7. The summed E-state index contributed by atoms with van der Waals surface area (Å²) in [6.07, 6.45) is 6.05. The van der Waals surface area contributed by atoms with Crippen LogP contribution in [0.25, 0.3) is 5.00 Å². The lowest BCUT2D eigenvalue weighted by Gasteiger charge is -2.25. The smallest absolute Gasteiger partial charge is 0.319 e. The number of fused-ring (bicyclic) bond motifs is 1. The Morgan fingerprint density at radius 1 is 1.20 bits per heavy atom.